The van der Waals surface area contributed by atoms with Crippen molar-refractivity contribution in [3.8, 4) is 11.5 Å². The molecule has 1 aromatic rings. The Morgan fingerprint density at radius 1 is 1.19 bits per heavy atom. The van der Waals surface area contributed by atoms with E-state index in [9.17, 15) is 29.1 Å². The van der Waals surface area contributed by atoms with Crippen LogP contribution in [0.2, 0.25) is 0 Å². The molecule has 2 saturated heterocycles. The Morgan fingerprint density at radius 3 is 2.50 bits per heavy atom. The summed E-state index contributed by atoms with van der Waals surface area (Å²) >= 11 is 17.3. The lowest BCUT2D eigenvalue weighted by molar-refractivity contribution is -0.139. The third-order valence-corrected chi connectivity index (χ3v) is 9.70. The number of urea groups is 1. The molecular formula is C23H20BrCl2N3O7. The zero-order chi connectivity index (χ0) is 26.3. The molecular weight excluding hydrogens is 581 g/mol. The summed E-state index contributed by atoms with van der Waals surface area (Å²) in [6.07, 6.45) is 1.48. The zero-order valence-electron chi connectivity index (χ0n) is 18.7. The van der Waals surface area contributed by atoms with Gasteiger partial charge in [-0.3, -0.25) is 24.1 Å². The molecule has 6 amide bonds. The lowest BCUT2D eigenvalue weighted by Gasteiger charge is -2.50. The first-order chi connectivity index (χ1) is 16.9. The molecule has 0 spiro atoms. The van der Waals surface area contributed by atoms with Crippen molar-refractivity contribution >= 4 is 68.8 Å². The number of halogens is 3. The summed E-state index contributed by atoms with van der Waals surface area (Å²) in [4.78, 5) is 62.4. The van der Waals surface area contributed by atoms with E-state index in [0.717, 1.165) is 4.90 Å². The number of phenolic OH excluding ortho intramolecular Hbond substituents is 1. The topological polar surface area (TPSA) is 147 Å². The molecule has 3 fully saturated rings. The second-order valence-corrected chi connectivity index (χ2v) is 11.0. The fourth-order valence-corrected chi connectivity index (χ4v) is 7.70. The highest BCUT2D eigenvalue weighted by Gasteiger charge is 2.76. The first-order valence-electron chi connectivity index (χ1n) is 11.0. The minimum Gasteiger partial charge on any atom is -0.508 e. The Bertz CT molecular complexity index is 1290. The van der Waals surface area contributed by atoms with Crippen LogP contribution in [0.25, 0.3) is 0 Å². The van der Waals surface area contributed by atoms with Crippen LogP contribution in [0.1, 0.15) is 24.3 Å². The molecule has 36 heavy (non-hydrogen) atoms. The molecule has 5 rings (SSSR count). The number of rotatable bonds is 3. The van der Waals surface area contributed by atoms with E-state index in [4.69, 9.17) is 33.7 Å². The second kappa shape index (κ2) is 8.19. The van der Waals surface area contributed by atoms with Crippen LogP contribution in [-0.2, 0) is 19.2 Å². The summed E-state index contributed by atoms with van der Waals surface area (Å²) in [5.74, 6) is -7.14. The molecule has 0 aromatic heterocycles. The molecule has 0 radical (unpaired) electrons. The molecule has 2 aliphatic carbocycles. The number of primary amides is 1. The molecule has 3 N–H and O–H groups in total. The number of carbonyl (C=O) groups excluding carboxylic acids is 5. The van der Waals surface area contributed by atoms with Crippen molar-refractivity contribution in [2.45, 2.75) is 28.5 Å². The Labute approximate surface area is 223 Å². The SMILES string of the molecule is COc1cccc(O)c1[C@H]1C2=CC[C@@H]3C(=O)N(C(N)=O)C(=O)[C@@H]3[C@@H]2C[C@@]2(Cl)C(=O)N(CBr)C(=O)[C@@]12Cl. The van der Waals surface area contributed by atoms with Gasteiger partial charge in [-0.05, 0) is 30.9 Å². The quantitative estimate of drug-likeness (QED) is 0.234. The molecule has 10 nitrogen and oxygen atoms in total. The Balaban J connectivity index is 1.78. The number of hydrogen-bond acceptors (Lipinski definition) is 7. The Kier molecular flexibility index (Phi) is 5.70. The summed E-state index contributed by atoms with van der Waals surface area (Å²) in [5.41, 5.74) is 5.70. The van der Waals surface area contributed by atoms with Gasteiger partial charge in [-0.1, -0.05) is 33.6 Å². The normalized spacial score (nSPS) is 35.4. The lowest BCUT2D eigenvalue weighted by Crippen LogP contribution is -2.60. The number of methoxy groups -OCH3 is 1. The summed E-state index contributed by atoms with van der Waals surface area (Å²) in [5, 5.41) is 10.9. The fourth-order valence-electron chi connectivity index (χ4n) is 6.29. The summed E-state index contributed by atoms with van der Waals surface area (Å²) in [6, 6.07) is 3.28. The molecule has 4 aliphatic rings. The van der Waals surface area contributed by atoms with E-state index in [0.29, 0.717) is 10.5 Å². The van der Waals surface area contributed by atoms with Crippen molar-refractivity contribution in [2.24, 2.45) is 23.5 Å². The summed E-state index contributed by atoms with van der Waals surface area (Å²) in [7, 11) is 1.37. The van der Waals surface area contributed by atoms with Gasteiger partial charge >= 0.3 is 6.03 Å². The predicted octanol–water partition coefficient (Wildman–Crippen LogP) is 2.19. The average Bonchev–Trinajstić information content (AvgIpc) is 3.17. The van der Waals surface area contributed by atoms with E-state index in [1.54, 1.807) is 12.1 Å². The van der Waals surface area contributed by atoms with E-state index in [1.165, 1.54) is 19.2 Å². The number of nitrogens with zero attached hydrogens (tertiary/aromatic N) is 2. The number of amides is 6. The zero-order valence-corrected chi connectivity index (χ0v) is 21.8. The van der Waals surface area contributed by atoms with E-state index < -0.39 is 63.1 Å². The number of aromatic hydroxyl groups is 1. The van der Waals surface area contributed by atoms with Crippen molar-refractivity contribution in [3.63, 3.8) is 0 Å². The van der Waals surface area contributed by atoms with Gasteiger partial charge < -0.3 is 15.6 Å². The number of alkyl halides is 3. The van der Waals surface area contributed by atoms with Crippen molar-refractivity contribution < 1.29 is 33.8 Å². The van der Waals surface area contributed by atoms with Crippen molar-refractivity contribution in [2.75, 3.05) is 12.6 Å². The first-order valence-corrected chi connectivity index (χ1v) is 12.9. The molecule has 0 unspecified atom stereocenters. The van der Waals surface area contributed by atoms with Crippen LogP contribution in [-0.4, -0.2) is 66.9 Å². The number of phenols is 1. The molecule has 1 aromatic carbocycles. The predicted molar refractivity (Wildman–Crippen MR) is 129 cm³/mol. The van der Waals surface area contributed by atoms with E-state index in [-0.39, 0.29) is 35.4 Å². The number of hydrogen-bond donors (Lipinski definition) is 2. The van der Waals surface area contributed by atoms with Crippen LogP contribution in [0.3, 0.4) is 0 Å². The first kappa shape index (κ1) is 25.0. The molecule has 2 heterocycles. The van der Waals surface area contributed by atoms with Crippen LogP contribution in [0.15, 0.2) is 29.8 Å². The highest BCUT2D eigenvalue weighted by atomic mass is 79.9. The number of imide groups is 4. The van der Waals surface area contributed by atoms with Gasteiger partial charge in [0.25, 0.3) is 11.8 Å². The number of ether oxygens (including phenoxy) is 1. The maximum atomic E-state index is 13.7. The van der Waals surface area contributed by atoms with Crippen molar-refractivity contribution in [1.82, 2.24) is 9.80 Å². The largest absolute Gasteiger partial charge is 0.508 e. The third-order valence-electron chi connectivity index (χ3n) is 7.79. The van der Waals surface area contributed by atoms with Crippen LogP contribution in [0, 0.1) is 17.8 Å². The summed E-state index contributed by atoms with van der Waals surface area (Å²) < 4.78 is 5.48. The molecule has 190 valence electrons. The second-order valence-electron chi connectivity index (χ2n) is 9.23. The highest BCUT2D eigenvalue weighted by molar-refractivity contribution is 9.09. The van der Waals surface area contributed by atoms with Gasteiger partial charge in [0.15, 0.2) is 9.75 Å². The van der Waals surface area contributed by atoms with Gasteiger partial charge in [0.2, 0.25) is 11.8 Å². The van der Waals surface area contributed by atoms with Crippen LogP contribution >= 0.6 is 39.1 Å². The van der Waals surface area contributed by atoms with E-state index in [2.05, 4.69) is 15.9 Å². The minimum atomic E-state index is -2.09. The number of allylic oxidation sites excluding steroid dienone is 2. The number of likely N-dealkylation sites (tertiary alicyclic amines) is 2. The Hall–Kier alpha value is -2.63. The Morgan fingerprint density at radius 2 is 1.89 bits per heavy atom. The third kappa shape index (κ3) is 2.87. The van der Waals surface area contributed by atoms with Crippen molar-refractivity contribution in [1.29, 1.82) is 0 Å². The van der Waals surface area contributed by atoms with Gasteiger partial charge in [-0.25, -0.2) is 4.79 Å². The van der Waals surface area contributed by atoms with Gasteiger partial charge in [0.05, 0.1) is 24.4 Å². The van der Waals surface area contributed by atoms with Gasteiger partial charge in [-0.15, -0.1) is 23.2 Å². The van der Waals surface area contributed by atoms with Crippen LogP contribution < -0.4 is 10.5 Å². The molecule has 6 atom stereocenters. The standard InChI is InChI=1S/C23H20BrCl2N3O7/c1-36-13-4-2-3-12(30)15(13)16-9-5-6-10-14(18(32)29(17(10)31)21(27)35)11(9)7-22(25)19(33)28(8-24)20(34)23(16,22)26/h2-5,10-11,14,16,30H,6-8H2,1H3,(H2,27,35)/t10-,11+,14-,16+,22+,23-/m0/s1. The average molecular weight is 601 g/mol. The van der Waals surface area contributed by atoms with Crippen LogP contribution in [0.5, 0.6) is 11.5 Å². The van der Waals surface area contributed by atoms with Crippen LogP contribution in [0.4, 0.5) is 4.79 Å². The maximum absolute atomic E-state index is 13.7. The van der Waals surface area contributed by atoms with E-state index in [1.807, 2.05) is 0 Å². The highest BCUT2D eigenvalue weighted by Crippen LogP contribution is 2.67. The van der Waals surface area contributed by atoms with Crippen molar-refractivity contribution in [3.05, 3.63) is 35.4 Å². The lowest BCUT2D eigenvalue weighted by atomic mass is 9.56. The minimum absolute atomic E-state index is 0.0593. The number of nitrogens with two attached hydrogens (primary N) is 1. The van der Waals surface area contributed by atoms with E-state index >= 15 is 0 Å². The number of carbonyl (C=O) groups is 5. The molecule has 2 aliphatic heterocycles. The maximum Gasteiger partial charge on any atom is 0.328 e. The fraction of sp³-hybridized carbons (Fsp3) is 0.435. The smallest absolute Gasteiger partial charge is 0.328 e. The number of fused-ring (bicyclic) bond motifs is 4. The number of benzene rings is 1. The molecule has 13 heteroatoms. The molecule has 0 bridgehead atoms. The van der Waals surface area contributed by atoms with Gasteiger partial charge in [0, 0.05) is 11.5 Å². The van der Waals surface area contributed by atoms with Gasteiger partial charge in [-0.2, -0.15) is 4.90 Å². The molecule has 1 saturated carbocycles. The van der Waals surface area contributed by atoms with Gasteiger partial charge in [0.1, 0.15) is 11.5 Å². The summed E-state index contributed by atoms with van der Waals surface area (Å²) in [6.45, 7) is 0. The monoisotopic (exact) mass is 599 g/mol.